The molecule has 0 saturated carbocycles. The van der Waals surface area contributed by atoms with Gasteiger partial charge in [0.05, 0.1) is 27.5 Å². The van der Waals surface area contributed by atoms with Crippen molar-refractivity contribution in [1.82, 2.24) is 20.0 Å². The SMILES string of the molecule is O=C(CSc1nc2ccccc2s1)N1CC(c2nc(-c3cccc(C(F)(F)F)c3)no2)C1. The zero-order chi connectivity index (χ0) is 22.3. The van der Waals surface area contributed by atoms with Crippen LogP contribution in [0.5, 0.6) is 0 Å². The summed E-state index contributed by atoms with van der Waals surface area (Å²) < 4.78 is 45.9. The molecule has 0 radical (unpaired) electrons. The maximum atomic E-state index is 12.9. The second-order valence-corrected chi connectivity index (χ2v) is 9.52. The van der Waals surface area contributed by atoms with Gasteiger partial charge in [-0.1, -0.05) is 41.2 Å². The summed E-state index contributed by atoms with van der Waals surface area (Å²) in [6, 6.07) is 12.6. The number of nitrogens with zero attached hydrogens (tertiary/aromatic N) is 4. The van der Waals surface area contributed by atoms with Crippen LogP contribution in [-0.4, -0.2) is 44.8 Å². The molecule has 1 aliphatic heterocycles. The van der Waals surface area contributed by atoms with Crippen LogP contribution in [0.25, 0.3) is 21.6 Å². The maximum absolute atomic E-state index is 12.9. The van der Waals surface area contributed by atoms with Crippen LogP contribution >= 0.6 is 23.1 Å². The van der Waals surface area contributed by atoms with Crippen molar-refractivity contribution < 1.29 is 22.5 Å². The summed E-state index contributed by atoms with van der Waals surface area (Å²) >= 11 is 2.96. The molecule has 0 N–H and O–H groups in total. The molecule has 0 spiro atoms. The first-order chi connectivity index (χ1) is 15.4. The monoisotopic (exact) mass is 476 g/mol. The molecule has 11 heteroatoms. The van der Waals surface area contributed by atoms with Gasteiger partial charge in [0.25, 0.3) is 0 Å². The molecule has 0 bridgehead atoms. The van der Waals surface area contributed by atoms with Gasteiger partial charge in [0.15, 0.2) is 4.34 Å². The number of hydrogen-bond donors (Lipinski definition) is 0. The summed E-state index contributed by atoms with van der Waals surface area (Å²) in [7, 11) is 0. The normalized spacial score (nSPS) is 14.7. The van der Waals surface area contributed by atoms with Crippen molar-refractivity contribution in [3.63, 3.8) is 0 Å². The van der Waals surface area contributed by atoms with Gasteiger partial charge in [0.2, 0.25) is 17.6 Å². The van der Waals surface area contributed by atoms with Gasteiger partial charge in [-0.25, -0.2) is 4.98 Å². The van der Waals surface area contributed by atoms with E-state index in [-0.39, 0.29) is 29.0 Å². The molecule has 2 aromatic carbocycles. The first-order valence-corrected chi connectivity index (χ1v) is 11.4. The van der Waals surface area contributed by atoms with Gasteiger partial charge in [-0.05, 0) is 24.3 Å². The first-order valence-electron chi connectivity index (χ1n) is 9.64. The van der Waals surface area contributed by atoms with Gasteiger partial charge < -0.3 is 9.42 Å². The number of likely N-dealkylation sites (tertiary alicyclic amines) is 1. The summed E-state index contributed by atoms with van der Waals surface area (Å²) in [6.45, 7) is 0.868. The van der Waals surface area contributed by atoms with Crippen molar-refractivity contribution in [2.24, 2.45) is 0 Å². The Morgan fingerprint density at radius 3 is 2.75 bits per heavy atom. The molecular formula is C21H15F3N4O2S2. The number of fused-ring (bicyclic) bond motifs is 1. The highest BCUT2D eigenvalue weighted by Gasteiger charge is 2.36. The number of thiazole rings is 1. The molecule has 5 rings (SSSR count). The van der Waals surface area contributed by atoms with Crippen molar-refractivity contribution >= 4 is 39.2 Å². The average molecular weight is 477 g/mol. The third-order valence-electron chi connectivity index (χ3n) is 5.07. The average Bonchev–Trinajstić information content (AvgIpc) is 3.38. The molecule has 1 fully saturated rings. The van der Waals surface area contributed by atoms with Crippen LogP contribution in [0.3, 0.4) is 0 Å². The molecule has 0 aliphatic carbocycles. The maximum Gasteiger partial charge on any atom is 0.416 e. The van der Waals surface area contributed by atoms with E-state index in [1.165, 1.54) is 23.9 Å². The predicted octanol–water partition coefficient (Wildman–Crippen LogP) is 5.08. The number of hydrogen-bond acceptors (Lipinski definition) is 7. The summed E-state index contributed by atoms with van der Waals surface area (Å²) in [5, 5.41) is 3.81. The van der Waals surface area contributed by atoms with Gasteiger partial charge in [-0.2, -0.15) is 18.2 Å². The molecule has 1 aliphatic rings. The first kappa shape index (κ1) is 21.0. The molecule has 3 heterocycles. The van der Waals surface area contributed by atoms with Gasteiger partial charge >= 0.3 is 6.18 Å². The second kappa shape index (κ2) is 8.21. The van der Waals surface area contributed by atoms with E-state index in [2.05, 4.69) is 15.1 Å². The number of thioether (sulfide) groups is 1. The Hall–Kier alpha value is -2.92. The minimum atomic E-state index is -4.44. The number of alkyl halides is 3. The van der Waals surface area contributed by atoms with Crippen LogP contribution in [-0.2, 0) is 11.0 Å². The fraction of sp³-hybridized carbons (Fsp3) is 0.238. The van der Waals surface area contributed by atoms with Crippen LogP contribution in [0.2, 0.25) is 0 Å². The van der Waals surface area contributed by atoms with Crippen LogP contribution in [0, 0.1) is 0 Å². The highest BCUT2D eigenvalue weighted by Crippen LogP contribution is 2.33. The number of carbonyl (C=O) groups is 1. The summed E-state index contributed by atoms with van der Waals surface area (Å²) in [4.78, 5) is 22.9. The van der Waals surface area contributed by atoms with Gasteiger partial charge in [-0.15, -0.1) is 11.3 Å². The molecule has 6 nitrogen and oxygen atoms in total. The number of aromatic nitrogens is 3. The van der Waals surface area contributed by atoms with Crippen molar-refractivity contribution in [2.75, 3.05) is 18.8 Å². The lowest BCUT2D eigenvalue weighted by Crippen LogP contribution is -2.49. The van der Waals surface area contributed by atoms with Crippen LogP contribution < -0.4 is 0 Å². The smallest absolute Gasteiger partial charge is 0.340 e. The van der Waals surface area contributed by atoms with E-state index in [1.807, 2.05) is 24.3 Å². The highest BCUT2D eigenvalue weighted by molar-refractivity contribution is 8.01. The van der Waals surface area contributed by atoms with Gasteiger partial charge in [-0.3, -0.25) is 4.79 Å². The zero-order valence-electron chi connectivity index (χ0n) is 16.4. The number of amides is 1. The molecule has 164 valence electrons. The Bertz CT molecular complexity index is 1250. The third-order valence-corrected chi connectivity index (χ3v) is 7.23. The molecule has 2 aromatic heterocycles. The quantitative estimate of drug-likeness (QED) is 0.374. The van der Waals surface area contributed by atoms with Crippen molar-refractivity contribution in [2.45, 2.75) is 16.4 Å². The van der Waals surface area contributed by atoms with Gasteiger partial charge in [0.1, 0.15) is 0 Å². The number of benzene rings is 2. The Balaban J connectivity index is 1.17. The largest absolute Gasteiger partial charge is 0.416 e. The van der Waals surface area contributed by atoms with E-state index >= 15 is 0 Å². The second-order valence-electron chi connectivity index (χ2n) is 7.27. The van der Waals surface area contributed by atoms with E-state index in [9.17, 15) is 18.0 Å². The molecule has 32 heavy (non-hydrogen) atoms. The van der Waals surface area contributed by atoms with E-state index in [0.717, 1.165) is 26.7 Å². The third kappa shape index (κ3) is 4.22. The van der Waals surface area contributed by atoms with Crippen LogP contribution in [0.1, 0.15) is 17.4 Å². The van der Waals surface area contributed by atoms with Gasteiger partial charge in [0, 0.05) is 18.7 Å². The standard InChI is InChI=1S/C21H15F3N4O2S2/c22-21(23,24)14-5-3-4-12(8-14)18-26-19(30-27-18)13-9-28(10-13)17(29)11-31-20-25-15-6-1-2-7-16(15)32-20/h1-8,13H,9-11H2. The molecule has 1 saturated heterocycles. The summed E-state index contributed by atoms with van der Waals surface area (Å²) in [6.07, 6.45) is -4.44. The Morgan fingerprint density at radius 1 is 1.16 bits per heavy atom. The van der Waals surface area contributed by atoms with E-state index < -0.39 is 11.7 Å². The van der Waals surface area contributed by atoms with E-state index in [0.29, 0.717) is 19.0 Å². The van der Waals surface area contributed by atoms with Crippen molar-refractivity contribution in [3.8, 4) is 11.4 Å². The topological polar surface area (TPSA) is 72.1 Å². The lowest BCUT2D eigenvalue weighted by molar-refractivity contribution is -0.137. The number of rotatable bonds is 5. The highest BCUT2D eigenvalue weighted by atomic mass is 32.2. The predicted molar refractivity (Wildman–Crippen MR) is 114 cm³/mol. The Morgan fingerprint density at radius 2 is 1.97 bits per heavy atom. The minimum absolute atomic E-state index is 0.0110. The fourth-order valence-corrected chi connectivity index (χ4v) is 5.29. The summed E-state index contributed by atoms with van der Waals surface area (Å²) in [5.41, 5.74) is 0.381. The number of carbonyl (C=O) groups excluding carboxylic acids is 1. The molecule has 0 atom stereocenters. The Kier molecular flexibility index (Phi) is 5.38. The van der Waals surface area contributed by atoms with E-state index in [4.69, 9.17) is 4.52 Å². The molecule has 1 amide bonds. The number of halogens is 3. The fourth-order valence-electron chi connectivity index (χ4n) is 3.32. The minimum Gasteiger partial charge on any atom is -0.340 e. The van der Waals surface area contributed by atoms with Crippen LogP contribution in [0.4, 0.5) is 13.2 Å². The number of para-hydroxylation sites is 1. The lowest BCUT2D eigenvalue weighted by Gasteiger charge is -2.36. The zero-order valence-corrected chi connectivity index (χ0v) is 18.0. The van der Waals surface area contributed by atoms with E-state index in [1.54, 1.807) is 16.2 Å². The van der Waals surface area contributed by atoms with Crippen molar-refractivity contribution in [3.05, 3.63) is 60.0 Å². The van der Waals surface area contributed by atoms with Crippen LogP contribution in [0.15, 0.2) is 57.4 Å². The lowest BCUT2D eigenvalue weighted by atomic mass is 10.0. The molecule has 0 unspecified atom stereocenters. The molecule has 4 aromatic rings. The molecular weight excluding hydrogens is 461 g/mol. The Labute approximate surface area is 188 Å². The van der Waals surface area contributed by atoms with Crippen molar-refractivity contribution in [1.29, 1.82) is 0 Å². The summed E-state index contributed by atoms with van der Waals surface area (Å²) in [5.74, 6) is 0.565.